The van der Waals surface area contributed by atoms with Crippen molar-refractivity contribution in [1.29, 1.82) is 0 Å². The van der Waals surface area contributed by atoms with Crippen molar-refractivity contribution in [3.63, 3.8) is 0 Å². The van der Waals surface area contributed by atoms with Crippen LogP contribution < -0.4 is 0 Å². The summed E-state index contributed by atoms with van der Waals surface area (Å²) < 4.78 is 0. The van der Waals surface area contributed by atoms with Crippen molar-refractivity contribution in [2.24, 2.45) is 0 Å². The molecule has 0 heterocycles. The minimum absolute atomic E-state index is 0. The summed E-state index contributed by atoms with van der Waals surface area (Å²) in [7, 11) is 0. The fraction of sp³-hybridized carbons (Fsp3) is 0. The first-order valence-corrected chi connectivity index (χ1v) is 0. The van der Waals surface area contributed by atoms with Gasteiger partial charge in [-0.1, -0.05) is 0 Å². The van der Waals surface area contributed by atoms with Crippen LogP contribution >= 0.6 is 9.90 Å². The summed E-state index contributed by atoms with van der Waals surface area (Å²) in [5, 5.41) is 0. The molecule has 0 aliphatic carbocycles. The van der Waals surface area contributed by atoms with Gasteiger partial charge in [-0.15, -0.1) is 0 Å². The molecule has 3 radical (unpaired) electrons. The van der Waals surface area contributed by atoms with Gasteiger partial charge in [0.2, 0.25) is 0 Å². The average molecular weight is 367 g/mol. The van der Waals surface area contributed by atoms with Crippen LogP contribution in [0.5, 0.6) is 0 Å². The molecule has 0 amide bonds. The molecule has 0 aromatic heterocycles. The molecule has 0 N–H and O–H groups in total. The molecule has 5 heteroatoms. The van der Waals surface area contributed by atoms with Gasteiger partial charge in [-0.2, -0.15) is 9.90 Å². The average Bonchev–Trinajstić information content (AvgIpc) is 0. The Morgan fingerprint density at radius 3 is 1.00 bits per heavy atom. The van der Waals surface area contributed by atoms with Crippen molar-refractivity contribution >= 4 is 20.9 Å². The van der Waals surface area contributed by atoms with E-state index in [2.05, 4.69) is 0 Å². The molecule has 0 fully saturated rings. The van der Waals surface area contributed by atoms with Crippen LogP contribution in [0.1, 0.15) is 0 Å². The van der Waals surface area contributed by atoms with Gasteiger partial charge >= 0.3 is 0 Å². The molecule has 0 bridgehead atoms. The largest absolute Gasteiger partial charge is 0.153 e. The number of rotatable bonds is 0. The van der Waals surface area contributed by atoms with E-state index < -0.39 is 0 Å². The van der Waals surface area contributed by atoms with Gasteiger partial charge in [-0.25, -0.2) is 0 Å². The van der Waals surface area contributed by atoms with Gasteiger partial charge in [-0.3, -0.25) is 0 Å². The Morgan fingerprint density at radius 1 is 1.00 bits per heavy atom. The monoisotopic (exact) mass is 367 g/mol. The van der Waals surface area contributed by atoms with E-state index in [4.69, 9.17) is 0 Å². The van der Waals surface area contributed by atoms with Crippen LogP contribution in [0.3, 0.4) is 0 Å². The van der Waals surface area contributed by atoms with E-state index in [1.54, 1.807) is 0 Å². The maximum atomic E-state index is 0. The third kappa shape index (κ3) is 21.6. The molecule has 5 heavy (non-hydrogen) atoms. The quantitative estimate of drug-likeness (QED) is 0.375. The van der Waals surface area contributed by atoms with Gasteiger partial charge < -0.3 is 0 Å². The number of hydrogen-bond acceptors (Lipinski definition) is 0. The molecule has 0 rings (SSSR count). The maximum absolute atomic E-state index is 0. The summed E-state index contributed by atoms with van der Waals surface area (Å²) in [6.07, 6.45) is 0. The summed E-state index contributed by atoms with van der Waals surface area (Å²) in [4.78, 5) is 0. The third-order valence-corrected chi connectivity index (χ3v) is 0. The molecule has 0 nitrogen and oxygen atoms in total. The Morgan fingerprint density at radius 2 is 1.00 bits per heavy atom. The summed E-state index contributed by atoms with van der Waals surface area (Å²) in [6, 6.07) is 0. The van der Waals surface area contributed by atoms with Crippen molar-refractivity contribution in [3.8, 4) is 0 Å². The van der Waals surface area contributed by atoms with Crippen molar-refractivity contribution in [3.05, 3.63) is 0 Å². The minimum atomic E-state index is 0. The first-order valence-electron chi connectivity index (χ1n) is 0. The molecular formula is H6CuMnPSiW. The molecule has 1 atom stereocenters. The predicted molar refractivity (Wildman–Crippen MR) is 21.0 cm³/mol. The first kappa shape index (κ1) is 53.2. The van der Waals surface area contributed by atoms with Crippen LogP contribution in [0, 0.1) is 0 Å². The van der Waals surface area contributed by atoms with Crippen molar-refractivity contribution in [1.82, 2.24) is 0 Å². The van der Waals surface area contributed by atoms with Gasteiger partial charge in [0.1, 0.15) is 0 Å². The van der Waals surface area contributed by atoms with E-state index in [1.165, 1.54) is 0 Å². The molecule has 39 valence electrons. The van der Waals surface area contributed by atoms with E-state index in [9.17, 15) is 0 Å². The molecular weight excluding hydrogens is 361 g/mol. The SMILES string of the molecule is P.[Cu].[Mn].[SiH3].[W]. The zero-order chi connectivity index (χ0) is 0. The summed E-state index contributed by atoms with van der Waals surface area (Å²) in [6.45, 7) is 0. The fourth-order valence-electron chi connectivity index (χ4n) is 0. The van der Waals surface area contributed by atoms with Crippen LogP contribution in [0.15, 0.2) is 0 Å². The minimum Gasteiger partial charge on any atom is -0.153 e. The zero-order valence-corrected chi connectivity index (χ0v) is 11.3. The fourth-order valence-corrected chi connectivity index (χ4v) is 0. The van der Waals surface area contributed by atoms with Gasteiger partial charge in [0.25, 0.3) is 0 Å². The van der Waals surface area contributed by atoms with Gasteiger partial charge in [-0.05, 0) is 11.0 Å². The van der Waals surface area contributed by atoms with Crippen molar-refractivity contribution in [2.75, 3.05) is 0 Å². The van der Waals surface area contributed by atoms with E-state index in [0.29, 0.717) is 0 Å². The van der Waals surface area contributed by atoms with Crippen molar-refractivity contribution < 1.29 is 55.2 Å². The topological polar surface area (TPSA) is 0 Å². The van der Waals surface area contributed by atoms with Crippen LogP contribution in [0.25, 0.3) is 0 Å². The smallest absolute Gasteiger partial charge is 0 e. The van der Waals surface area contributed by atoms with Crippen LogP contribution in [-0.4, -0.2) is 11.0 Å². The third-order valence-electron chi connectivity index (χ3n) is 0. The second-order valence-corrected chi connectivity index (χ2v) is 0. The van der Waals surface area contributed by atoms with Crippen LogP contribution in [-0.2, 0) is 55.2 Å². The molecule has 0 aliphatic heterocycles. The Bertz CT molecular complexity index is 11.6. The summed E-state index contributed by atoms with van der Waals surface area (Å²) in [5.74, 6) is 0. The van der Waals surface area contributed by atoms with Gasteiger partial charge in [0.15, 0.2) is 0 Å². The van der Waals surface area contributed by atoms with E-state index in [1.807, 2.05) is 0 Å². The van der Waals surface area contributed by atoms with Crippen LogP contribution in [0.2, 0.25) is 0 Å². The maximum Gasteiger partial charge on any atom is 0 e. The Hall–Kier alpha value is 2.37. The molecule has 0 saturated carbocycles. The molecule has 0 saturated heterocycles. The van der Waals surface area contributed by atoms with E-state index in [-0.39, 0.29) is 76.1 Å². The molecule has 0 aromatic rings. The molecule has 1 unspecified atom stereocenters. The predicted octanol–water partition coefficient (Wildman–Crippen LogP) is -1.13. The second-order valence-electron chi connectivity index (χ2n) is 0. The van der Waals surface area contributed by atoms with E-state index >= 15 is 0 Å². The Kier molecular flexibility index (Phi) is 347. The molecule has 0 aromatic carbocycles. The Labute approximate surface area is 75.5 Å². The molecule has 0 spiro atoms. The van der Waals surface area contributed by atoms with Gasteiger partial charge in [0.05, 0.1) is 0 Å². The molecule has 0 aliphatic rings. The standard InChI is InChI=1S/Cu.Mn.H3P.H3Si.W/h;;2*1H3;. The normalized spacial score (nSPS) is 0. The first-order chi connectivity index (χ1) is 0. The zero-order valence-electron chi connectivity index (χ0n) is 2.79. The summed E-state index contributed by atoms with van der Waals surface area (Å²) in [5.41, 5.74) is 0. The van der Waals surface area contributed by atoms with E-state index in [0.717, 1.165) is 0 Å². The number of hydrogen-bond donors (Lipinski definition) is 0. The van der Waals surface area contributed by atoms with Crippen LogP contribution in [0.4, 0.5) is 0 Å². The Balaban J connectivity index is 0. The van der Waals surface area contributed by atoms with Crippen molar-refractivity contribution in [2.45, 2.75) is 0 Å². The van der Waals surface area contributed by atoms with Gasteiger partial charge in [0, 0.05) is 55.2 Å². The summed E-state index contributed by atoms with van der Waals surface area (Å²) >= 11 is 0. The second kappa shape index (κ2) is 32.7.